The Kier molecular flexibility index (Phi) is 7.71. The molecule has 0 saturated carbocycles. The fourth-order valence-electron chi connectivity index (χ4n) is 4.23. The molecule has 2 saturated heterocycles. The molecule has 0 bridgehead atoms. The van der Waals surface area contributed by atoms with Crippen LogP contribution in [0, 0.1) is 5.92 Å². The van der Waals surface area contributed by atoms with E-state index in [0.717, 1.165) is 38.2 Å². The number of hydrogen-bond donors (Lipinski definition) is 2. The standard InChI is InChI=1S/C22H34N4O2/c1-18-7-5-6-13-25(18)16-12-23-21(27)17-19-10-14-26(15-11-19)22(28)24-20-8-3-2-4-9-20/h2-4,8-9,18-19H,5-7,10-17H2,1H3,(H,23,27)(H,24,28)/t18-/m1/s1. The van der Waals surface area contributed by atoms with E-state index in [4.69, 9.17) is 0 Å². The SMILES string of the molecule is C[C@@H]1CCCCN1CCNC(=O)CC1CCN(C(=O)Nc2ccccc2)CC1. The molecular formula is C22H34N4O2. The van der Waals surface area contributed by atoms with Crippen molar-refractivity contribution in [2.24, 2.45) is 5.92 Å². The van der Waals surface area contributed by atoms with Crippen molar-refractivity contribution in [2.75, 3.05) is 38.0 Å². The summed E-state index contributed by atoms with van der Waals surface area (Å²) >= 11 is 0. The Balaban J connectivity index is 1.31. The fourth-order valence-corrected chi connectivity index (χ4v) is 4.23. The van der Waals surface area contributed by atoms with Crippen LogP contribution in [0.2, 0.25) is 0 Å². The van der Waals surface area contributed by atoms with Crippen LogP contribution in [-0.2, 0) is 4.79 Å². The molecule has 28 heavy (non-hydrogen) atoms. The van der Waals surface area contributed by atoms with Gasteiger partial charge in [-0.15, -0.1) is 0 Å². The first-order chi connectivity index (χ1) is 13.6. The molecule has 1 atom stereocenters. The summed E-state index contributed by atoms with van der Waals surface area (Å²) in [7, 11) is 0. The number of benzene rings is 1. The van der Waals surface area contributed by atoms with Crippen LogP contribution >= 0.6 is 0 Å². The summed E-state index contributed by atoms with van der Waals surface area (Å²) in [5, 5.41) is 6.02. The number of carbonyl (C=O) groups is 2. The van der Waals surface area contributed by atoms with Gasteiger partial charge in [0.2, 0.25) is 5.91 Å². The van der Waals surface area contributed by atoms with Gasteiger partial charge < -0.3 is 15.5 Å². The van der Waals surface area contributed by atoms with Gasteiger partial charge in [-0.3, -0.25) is 9.69 Å². The van der Waals surface area contributed by atoms with Crippen LogP contribution in [0.25, 0.3) is 0 Å². The number of rotatable bonds is 6. The molecule has 0 radical (unpaired) electrons. The Labute approximate surface area is 168 Å². The second-order valence-electron chi connectivity index (χ2n) is 8.16. The van der Waals surface area contributed by atoms with Crippen molar-refractivity contribution in [3.8, 4) is 0 Å². The van der Waals surface area contributed by atoms with Crippen LogP contribution < -0.4 is 10.6 Å². The predicted octanol–water partition coefficient (Wildman–Crippen LogP) is 3.31. The molecule has 2 aliphatic rings. The van der Waals surface area contributed by atoms with Crippen LogP contribution in [0.4, 0.5) is 10.5 Å². The third-order valence-electron chi connectivity index (χ3n) is 6.06. The maximum Gasteiger partial charge on any atom is 0.321 e. The normalized spacial score (nSPS) is 21.3. The van der Waals surface area contributed by atoms with E-state index in [1.54, 1.807) is 0 Å². The molecule has 2 aliphatic heterocycles. The van der Waals surface area contributed by atoms with Gasteiger partial charge in [-0.1, -0.05) is 24.6 Å². The number of anilines is 1. The van der Waals surface area contributed by atoms with Crippen molar-refractivity contribution < 1.29 is 9.59 Å². The van der Waals surface area contributed by atoms with Crippen molar-refractivity contribution >= 4 is 17.6 Å². The first kappa shape index (κ1) is 20.6. The van der Waals surface area contributed by atoms with Gasteiger partial charge in [0, 0.05) is 44.3 Å². The van der Waals surface area contributed by atoms with Crippen LogP contribution in [0.15, 0.2) is 30.3 Å². The van der Waals surface area contributed by atoms with Gasteiger partial charge in [0.1, 0.15) is 0 Å². The number of carbonyl (C=O) groups excluding carboxylic acids is 2. The van der Waals surface area contributed by atoms with Gasteiger partial charge in [0.05, 0.1) is 0 Å². The summed E-state index contributed by atoms with van der Waals surface area (Å²) in [6, 6.07) is 10.1. The number of piperidine rings is 2. The molecule has 3 amide bonds. The highest BCUT2D eigenvalue weighted by atomic mass is 16.2. The molecule has 6 nitrogen and oxygen atoms in total. The second kappa shape index (κ2) is 10.5. The molecule has 2 fully saturated rings. The van der Waals surface area contributed by atoms with Crippen molar-refractivity contribution in [1.29, 1.82) is 0 Å². The van der Waals surface area contributed by atoms with E-state index in [-0.39, 0.29) is 11.9 Å². The third kappa shape index (κ3) is 6.23. The average molecular weight is 387 g/mol. The van der Waals surface area contributed by atoms with Gasteiger partial charge in [-0.25, -0.2) is 4.79 Å². The zero-order chi connectivity index (χ0) is 19.8. The number of amides is 3. The Hall–Kier alpha value is -2.08. The lowest BCUT2D eigenvalue weighted by atomic mass is 9.93. The summed E-state index contributed by atoms with van der Waals surface area (Å²) in [5.41, 5.74) is 0.817. The molecule has 0 aliphatic carbocycles. The maximum atomic E-state index is 12.3. The number of nitrogens with one attached hydrogen (secondary N) is 2. The molecular weight excluding hydrogens is 352 g/mol. The third-order valence-corrected chi connectivity index (χ3v) is 6.06. The fraction of sp³-hybridized carbons (Fsp3) is 0.636. The Morgan fingerprint density at radius 3 is 2.50 bits per heavy atom. The lowest BCUT2D eigenvalue weighted by Crippen LogP contribution is -2.43. The molecule has 1 aromatic carbocycles. The monoisotopic (exact) mass is 386 g/mol. The van der Waals surface area contributed by atoms with Crippen LogP contribution in [0.1, 0.15) is 45.4 Å². The molecule has 6 heteroatoms. The van der Waals surface area contributed by atoms with Gasteiger partial charge in [0.15, 0.2) is 0 Å². The van der Waals surface area contributed by atoms with Crippen molar-refractivity contribution in [1.82, 2.24) is 15.1 Å². The van der Waals surface area contributed by atoms with E-state index >= 15 is 0 Å². The average Bonchev–Trinajstić information content (AvgIpc) is 2.71. The van der Waals surface area contributed by atoms with Crippen LogP contribution in [-0.4, -0.2) is 60.5 Å². The van der Waals surface area contributed by atoms with Crippen molar-refractivity contribution in [3.63, 3.8) is 0 Å². The first-order valence-corrected chi connectivity index (χ1v) is 10.7. The van der Waals surface area contributed by atoms with Gasteiger partial charge in [-0.05, 0) is 57.2 Å². The highest BCUT2D eigenvalue weighted by Crippen LogP contribution is 2.21. The molecule has 0 unspecified atom stereocenters. The zero-order valence-corrected chi connectivity index (χ0v) is 17.0. The minimum absolute atomic E-state index is 0.0512. The molecule has 2 N–H and O–H groups in total. The summed E-state index contributed by atoms with van der Waals surface area (Å²) in [6.45, 7) is 6.54. The Morgan fingerprint density at radius 2 is 1.79 bits per heavy atom. The van der Waals surface area contributed by atoms with Gasteiger partial charge >= 0.3 is 6.03 Å². The summed E-state index contributed by atoms with van der Waals surface area (Å²) in [5.74, 6) is 0.520. The zero-order valence-electron chi connectivity index (χ0n) is 17.0. The molecule has 1 aromatic rings. The number of urea groups is 1. The summed E-state index contributed by atoms with van der Waals surface area (Å²) in [4.78, 5) is 28.9. The number of likely N-dealkylation sites (tertiary alicyclic amines) is 2. The molecule has 0 aromatic heterocycles. The van der Waals surface area contributed by atoms with E-state index in [1.165, 1.54) is 19.3 Å². The van der Waals surface area contributed by atoms with E-state index in [1.807, 2.05) is 35.2 Å². The summed E-state index contributed by atoms with van der Waals surface area (Å²) < 4.78 is 0. The lowest BCUT2D eigenvalue weighted by Gasteiger charge is -2.33. The largest absolute Gasteiger partial charge is 0.355 e. The maximum absolute atomic E-state index is 12.3. The first-order valence-electron chi connectivity index (χ1n) is 10.7. The van der Waals surface area contributed by atoms with E-state index in [2.05, 4.69) is 22.5 Å². The van der Waals surface area contributed by atoms with E-state index < -0.39 is 0 Å². The molecule has 2 heterocycles. The predicted molar refractivity (Wildman–Crippen MR) is 112 cm³/mol. The quantitative estimate of drug-likeness (QED) is 0.788. The van der Waals surface area contributed by atoms with Crippen molar-refractivity contribution in [3.05, 3.63) is 30.3 Å². The minimum Gasteiger partial charge on any atom is -0.355 e. The smallest absolute Gasteiger partial charge is 0.321 e. The number of hydrogen-bond acceptors (Lipinski definition) is 3. The molecule has 154 valence electrons. The summed E-state index contributed by atoms with van der Waals surface area (Å²) in [6.07, 6.45) is 6.21. The van der Waals surface area contributed by atoms with E-state index in [9.17, 15) is 9.59 Å². The Bertz CT molecular complexity index is 629. The number of para-hydroxylation sites is 1. The van der Waals surface area contributed by atoms with Crippen LogP contribution in [0.5, 0.6) is 0 Å². The minimum atomic E-state index is -0.0512. The van der Waals surface area contributed by atoms with Crippen molar-refractivity contribution in [2.45, 2.75) is 51.5 Å². The van der Waals surface area contributed by atoms with E-state index in [0.29, 0.717) is 31.5 Å². The topological polar surface area (TPSA) is 64.7 Å². The highest BCUT2D eigenvalue weighted by Gasteiger charge is 2.24. The second-order valence-corrected chi connectivity index (χ2v) is 8.16. The molecule has 3 rings (SSSR count). The lowest BCUT2D eigenvalue weighted by molar-refractivity contribution is -0.122. The van der Waals surface area contributed by atoms with Crippen LogP contribution in [0.3, 0.4) is 0 Å². The van der Waals surface area contributed by atoms with Gasteiger partial charge in [-0.2, -0.15) is 0 Å². The Morgan fingerprint density at radius 1 is 1.04 bits per heavy atom. The van der Waals surface area contributed by atoms with Gasteiger partial charge in [0.25, 0.3) is 0 Å². The number of nitrogens with zero attached hydrogens (tertiary/aromatic N) is 2. The molecule has 0 spiro atoms. The highest BCUT2D eigenvalue weighted by molar-refractivity contribution is 5.89.